The fourth-order valence-electron chi connectivity index (χ4n) is 3.16. The number of likely N-dealkylation sites (tertiary alicyclic amines) is 1. The van der Waals surface area contributed by atoms with Crippen LogP contribution in [0.3, 0.4) is 0 Å². The van der Waals surface area contributed by atoms with Crippen molar-refractivity contribution in [3.63, 3.8) is 0 Å². The van der Waals surface area contributed by atoms with Crippen molar-refractivity contribution >= 4 is 11.8 Å². The molecule has 1 aromatic rings. The van der Waals surface area contributed by atoms with E-state index in [0.717, 1.165) is 32.4 Å². The van der Waals surface area contributed by atoms with Crippen LogP contribution in [-0.4, -0.2) is 63.2 Å². The molecule has 26 heavy (non-hydrogen) atoms. The number of nitrogens with zero attached hydrogens (tertiary/aromatic N) is 1. The predicted octanol–water partition coefficient (Wildman–Crippen LogP) is 1.21. The molecule has 0 atom stereocenters. The maximum absolute atomic E-state index is 12.4. The molecule has 6 heteroatoms. The second kappa shape index (κ2) is 11.6. The van der Waals surface area contributed by atoms with E-state index >= 15 is 0 Å². The van der Waals surface area contributed by atoms with E-state index in [1.54, 1.807) is 7.11 Å². The fourth-order valence-corrected chi connectivity index (χ4v) is 3.16. The molecule has 1 saturated heterocycles. The molecule has 6 nitrogen and oxygen atoms in total. The number of hydrogen-bond acceptors (Lipinski definition) is 4. The molecule has 1 aromatic carbocycles. The average molecular weight is 361 g/mol. The number of piperidine rings is 1. The lowest BCUT2D eigenvalue weighted by atomic mass is 9.95. The van der Waals surface area contributed by atoms with Crippen molar-refractivity contribution in [1.29, 1.82) is 0 Å². The van der Waals surface area contributed by atoms with Gasteiger partial charge < -0.3 is 20.3 Å². The zero-order chi connectivity index (χ0) is 18.6. The lowest BCUT2D eigenvalue weighted by molar-refractivity contribution is -0.135. The summed E-state index contributed by atoms with van der Waals surface area (Å²) in [6.45, 7) is 4.18. The van der Waals surface area contributed by atoms with Crippen molar-refractivity contribution < 1.29 is 14.3 Å². The van der Waals surface area contributed by atoms with E-state index in [0.29, 0.717) is 32.7 Å². The third-order valence-electron chi connectivity index (χ3n) is 4.77. The van der Waals surface area contributed by atoms with Crippen molar-refractivity contribution in [2.24, 2.45) is 5.92 Å². The molecule has 0 bridgehead atoms. The standard InChI is InChI=1S/C20H31N3O3/c1-26-16-13-21-11-12-22-20(25)18-9-14-23(15-10-18)19(24)8-7-17-5-3-2-4-6-17/h2-6,18,21H,7-16H2,1H3,(H,22,25). The van der Waals surface area contributed by atoms with Crippen LogP contribution in [-0.2, 0) is 20.7 Å². The number of rotatable bonds is 10. The van der Waals surface area contributed by atoms with E-state index in [4.69, 9.17) is 4.74 Å². The Morgan fingerprint density at radius 1 is 1.12 bits per heavy atom. The summed E-state index contributed by atoms with van der Waals surface area (Å²) in [7, 11) is 1.67. The van der Waals surface area contributed by atoms with Crippen LogP contribution in [0.5, 0.6) is 0 Å². The number of benzene rings is 1. The summed E-state index contributed by atoms with van der Waals surface area (Å²) in [6, 6.07) is 10.1. The highest BCUT2D eigenvalue weighted by atomic mass is 16.5. The summed E-state index contributed by atoms with van der Waals surface area (Å²) in [5.41, 5.74) is 1.19. The number of carbonyl (C=O) groups excluding carboxylic acids is 2. The van der Waals surface area contributed by atoms with Gasteiger partial charge in [0, 0.05) is 52.2 Å². The Kier molecular flexibility index (Phi) is 9.14. The van der Waals surface area contributed by atoms with Gasteiger partial charge in [0.25, 0.3) is 0 Å². The van der Waals surface area contributed by atoms with Crippen molar-refractivity contribution in [3.8, 4) is 0 Å². The van der Waals surface area contributed by atoms with Gasteiger partial charge in [0.15, 0.2) is 0 Å². The first-order chi connectivity index (χ1) is 12.7. The van der Waals surface area contributed by atoms with Crippen LogP contribution in [0, 0.1) is 5.92 Å². The van der Waals surface area contributed by atoms with Gasteiger partial charge in [0.1, 0.15) is 0 Å². The average Bonchev–Trinajstić information content (AvgIpc) is 2.69. The van der Waals surface area contributed by atoms with Gasteiger partial charge in [-0.3, -0.25) is 9.59 Å². The highest BCUT2D eigenvalue weighted by Gasteiger charge is 2.26. The minimum absolute atomic E-state index is 0.0205. The zero-order valence-corrected chi connectivity index (χ0v) is 15.7. The third kappa shape index (κ3) is 7.14. The fraction of sp³-hybridized carbons (Fsp3) is 0.600. The number of amides is 2. The Hall–Kier alpha value is -1.92. The highest BCUT2D eigenvalue weighted by molar-refractivity contribution is 5.80. The smallest absolute Gasteiger partial charge is 0.223 e. The van der Waals surface area contributed by atoms with E-state index in [9.17, 15) is 9.59 Å². The maximum atomic E-state index is 12.4. The van der Waals surface area contributed by atoms with E-state index in [1.165, 1.54) is 5.56 Å². The predicted molar refractivity (Wildman–Crippen MR) is 102 cm³/mol. The topological polar surface area (TPSA) is 70.7 Å². The van der Waals surface area contributed by atoms with Gasteiger partial charge in [-0.1, -0.05) is 30.3 Å². The number of carbonyl (C=O) groups is 2. The molecule has 2 rings (SSSR count). The van der Waals surface area contributed by atoms with Gasteiger partial charge in [0.05, 0.1) is 6.61 Å². The number of hydrogen-bond donors (Lipinski definition) is 2. The minimum Gasteiger partial charge on any atom is -0.383 e. The van der Waals surface area contributed by atoms with E-state index in [-0.39, 0.29) is 17.7 Å². The second-order valence-corrected chi connectivity index (χ2v) is 6.67. The zero-order valence-electron chi connectivity index (χ0n) is 15.7. The molecule has 1 fully saturated rings. The Bertz CT molecular complexity index is 542. The molecular formula is C20H31N3O3. The number of methoxy groups -OCH3 is 1. The van der Waals surface area contributed by atoms with Crippen molar-refractivity contribution in [1.82, 2.24) is 15.5 Å². The van der Waals surface area contributed by atoms with Crippen LogP contribution >= 0.6 is 0 Å². The lowest BCUT2D eigenvalue weighted by Gasteiger charge is -2.31. The van der Waals surface area contributed by atoms with Crippen molar-refractivity contribution in [2.75, 3.05) is 46.4 Å². The molecule has 1 aliphatic rings. The van der Waals surface area contributed by atoms with E-state index in [2.05, 4.69) is 10.6 Å². The molecule has 144 valence electrons. The summed E-state index contributed by atoms with van der Waals surface area (Å²) >= 11 is 0. The summed E-state index contributed by atoms with van der Waals surface area (Å²) in [5.74, 6) is 0.317. The Morgan fingerprint density at radius 3 is 2.54 bits per heavy atom. The third-order valence-corrected chi connectivity index (χ3v) is 4.77. The SMILES string of the molecule is COCCNCCNC(=O)C1CCN(C(=O)CCc2ccccc2)CC1. The summed E-state index contributed by atoms with van der Waals surface area (Å²) in [6.07, 6.45) is 2.81. The number of ether oxygens (including phenoxy) is 1. The molecule has 0 aromatic heterocycles. The molecular weight excluding hydrogens is 330 g/mol. The Morgan fingerprint density at radius 2 is 1.85 bits per heavy atom. The van der Waals surface area contributed by atoms with E-state index in [1.807, 2.05) is 35.2 Å². The first kappa shape index (κ1) is 20.4. The molecule has 2 N–H and O–H groups in total. The summed E-state index contributed by atoms with van der Waals surface area (Å²) in [4.78, 5) is 26.5. The van der Waals surface area contributed by atoms with Gasteiger partial charge in [-0.15, -0.1) is 0 Å². The molecule has 0 aliphatic carbocycles. The number of nitrogens with one attached hydrogen (secondary N) is 2. The van der Waals surface area contributed by atoms with Crippen LogP contribution in [0.4, 0.5) is 0 Å². The van der Waals surface area contributed by atoms with Gasteiger partial charge in [0.2, 0.25) is 11.8 Å². The molecule has 1 aliphatic heterocycles. The van der Waals surface area contributed by atoms with Crippen molar-refractivity contribution in [3.05, 3.63) is 35.9 Å². The summed E-state index contributed by atoms with van der Waals surface area (Å²) in [5, 5.41) is 6.18. The first-order valence-electron chi connectivity index (χ1n) is 9.49. The maximum Gasteiger partial charge on any atom is 0.223 e. The largest absolute Gasteiger partial charge is 0.383 e. The summed E-state index contributed by atoms with van der Waals surface area (Å²) < 4.78 is 4.95. The Balaban J connectivity index is 1.60. The van der Waals surface area contributed by atoms with Crippen LogP contribution in [0.2, 0.25) is 0 Å². The quantitative estimate of drug-likeness (QED) is 0.615. The van der Waals surface area contributed by atoms with Crippen LogP contribution < -0.4 is 10.6 Å². The normalized spacial score (nSPS) is 15.0. The van der Waals surface area contributed by atoms with Crippen LogP contribution in [0.1, 0.15) is 24.8 Å². The van der Waals surface area contributed by atoms with Gasteiger partial charge in [-0.2, -0.15) is 0 Å². The van der Waals surface area contributed by atoms with Crippen LogP contribution in [0.15, 0.2) is 30.3 Å². The van der Waals surface area contributed by atoms with Gasteiger partial charge >= 0.3 is 0 Å². The van der Waals surface area contributed by atoms with Crippen LogP contribution in [0.25, 0.3) is 0 Å². The second-order valence-electron chi connectivity index (χ2n) is 6.67. The minimum atomic E-state index is 0.0205. The molecule has 0 spiro atoms. The van der Waals surface area contributed by atoms with E-state index < -0.39 is 0 Å². The molecule has 0 radical (unpaired) electrons. The lowest BCUT2D eigenvalue weighted by Crippen LogP contribution is -2.44. The van der Waals surface area contributed by atoms with Gasteiger partial charge in [-0.05, 0) is 24.8 Å². The first-order valence-corrected chi connectivity index (χ1v) is 9.49. The molecule has 0 unspecified atom stereocenters. The highest BCUT2D eigenvalue weighted by Crippen LogP contribution is 2.18. The monoisotopic (exact) mass is 361 g/mol. The number of aryl methyl sites for hydroxylation is 1. The molecule has 0 saturated carbocycles. The Labute approximate surface area is 156 Å². The molecule has 1 heterocycles. The van der Waals surface area contributed by atoms with Gasteiger partial charge in [-0.25, -0.2) is 0 Å². The van der Waals surface area contributed by atoms with Crippen molar-refractivity contribution in [2.45, 2.75) is 25.7 Å². The molecule has 2 amide bonds.